The van der Waals surface area contributed by atoms with Crippen LogP contribution in [0.1, 0.15) is 5.69 Å². The number of rotatable bonds is 5. The molecule has 6 nitrogen and oxygen atoms in total. The zero-order valence-corrected chi connectivity index (χ0v) is 12.8. The molecule has 0 saturated heterocycles. The Balaban J connectivity index is 1.53. The molecule has 1 amide bonds. The molecule has 1 N–H and O–H groups in total. The lowest BCUT2D eigenvalue weighted by atomic mass is 10.2. The first-order valence-electron chi connectivity index (χ1n) is 7.27. The third-order valence-electron chi connectivity index (χ3n) is 3.33. The molecule has 128 valence electrons. The third-order valence-corrected chi connectivity index (χ3v) is 3.33. The third kappa shape index (κ3) is 3.97. The molecule has 0 atom stereocenters. The summed E-state index contributed by atoms with van der Waals surface area (Å²) < 4.78 is 35.8. The highest BCUT2D eigenvalue weighted by molar-refractivity contribution is 5.93. The van der Waals surface area contributed by atoms with Crippen LogP contribution in [0.15, 0.2) is 47.0 Å². The summed E-state index contributed by atoms with van der Waals surface area (Å²) in [4.78, 5) is 23.5. The lowest BCUT2D eigenvalue weighted by molar-refractivity contribution is -0.146. The van der Waals surface area contributed by atoms with Gasteiger partial charge in [-0.2, -0.15) is 0 Å². The number of hydrogen-bond acceptors (Lipinski definition) is 5. The Morgan fingerprint density at radius 2 is 1.92 bits per heavy atom. The van der Waals surface area contributed by atoms with Crippen LogP contribution >= 0.6 is 0 Å². The second kappa shape index (κ2) is 7.08. The molecule has 0 radical (unpaired) electrons. The minimum Gasteiger partial charge on any atom is -0.455 e. The number of hydrogen-bond donors (Lipinski definition) is 1. The maximum atomic E-state index is 13.1. The van der Waals surface area contributed by atoms with Crippen LogP contribution in [-0.4, -0.2) is 23.6 Å². The number of nitrogens with one attached hydrogen (secondary N) is 1. The van der Waals surface area contributed by atoms with Gasteiger partial charge in [0.05, 0.1) is 6.42 Å². The topological polar surface area (TPSA) is 81.4 Å². The maximum absolute atomic E-state index is 13.1. The van der Waals surface area contributed by atoms with Crippen molar-refractivity contribution in [3.8, 4) is 0 Å². The Hall–Kier alpha value is -3.29. The number of nitrogens with zero attached hydrogens (tertiary/aromatic N) is 1. The van der Waals surface area contributed by atoms with E-state index in [-0.39, 0.29) is 12.1 Å². The van der Waals surface area contributed by atoms with Crippen molar-refractivity contribution in [2.75, 3.05) is 11.9 Å². The molecule has 3 aromatic rings. The fraction of sp³-hybridized carbons (Fsp3) is 0.118. The molecule has 0 bridgehead atoms. The Morgan fingerprint density at radius 1 is 1.12 bits per heavy atom. The monoisotopic (exact) mass is 346 g/mol. The Labute approximate surface area is 140 Å². The summed E-state index contributed by atoms with van der Waals surface area (Å²) in [6, 6.07) is 9.93. The van der Waals surface area contributed by atoms with Gasteiger partial charge in [0.25, 0.3) is 5.91 Å². The number of para-hydroxylation sites is 1. The van der Waals surface area contributed by atoms with E-state index in [1.807, 2.05) is 0 Å². The summed E-state index contributed by atoms with van der Waals surface area (Å²) in [6.07, 6.45) is -0.157. The number of anilines is 1. The van der Waals surface area contributed by atoms with Gasteiger partial charge in [-0.3, -0.25) is 9.59 Å². The highest BCUT2D eigenvalue weighted by Gasteiger charge is 2.14. The van der Waals surface area contributed by atoms with Crippen LogP contribution in [0.25, 0.3) is 11.0 Å². The van der Waals surface area contributed by atoms with Gasteiger partial charge in [-0.1, -0.05) is 17.3 Å². The summed E-state index contributed by atoms with van der Waals surface area (Å²) >= 11 is 0. The smallest absolute Gasteiger partial charge is 0.312 e. The van der Waals surface area contributed by atoms with Crippen molar-refractivity contribution >= 4 is 28.5 Å². The normalized spacial score (nSPS) is 10.6. The maximum Gasteiger partial charge on any atom is 0.312 e. The molecule has 0 saturated carbocycles. The summed E-state index contributed by atoms with van der Waals surface area (Å²) in [7, 11) is 0. The van der Waals surface area contributed by atoms with Crippen molar-refractivity contribution in [2.24, 2.45) is 0 Å². The van der Waals surface area contributed by atoms with Gasteiger partial charge >= 0.3 is 5.97 Å². The van der Waals surface area contributed by atoms with Crippen molar-refractivity contribution < 1.29 is 27.6 Å². The number of carbonyl (C=O) groups is 2. The number of halogens is 2. The summed E-state index contributed by atoms with van der Waals surface area (Å²) in [5, 5.41) is 6.78. The Bertz CT molecular complexity index is 939. The molecule has 0 aliphatic rings. The van der Waals surface area contributed by atoms with E-state index in [2.05, 4.69) is 10.5 Å². The molecule has 1 aromatic heterocycles. The second-order valence-electron chi connectivity index (χ2n) is 5.14. The van der Waals surface area contributed by atoms with Gasteiger partial charge in [0, 0.05) is 17.1 Å². The number of fused-ring (bicyclic) bond motifs is 1. The van der Waals surface area contributed by atoms with E-state index in [1.165, 1.54) is 6.07 Å². The summed E-state index contributed by atoms with van der Waals surface area (Å²) in [5.74, 6) is -3.46. The van der Waals surface area contributed by atoms with E-state index in [1.54, 1.807) is 24.3 Å². The van der Waals surface area contributed by atoms with Gasteiger partial charge < -0.3 is 14.6 Å². The zero-order chi connectivity index (χ0) is 17.8. The van der Waals surface area contributed by atoms with E-state index < -0.39 is 30.1 Å². The highest BCUT2D eigenvalue weighted by atomic mass is 19.2. The van der Waals surface area contributed by atoms with Crippen LogP contribution in [0.3, 0.4) is 0 Å². The van der Waals surface area contributed by atoms with Crippen LogP contribution < -0.4 is 5.32 Å². The van der Waals surface area contributed by atoms with Gasteiger partial charge in [-0.25, -0.2) is 8.78 Å². The van der Waals surface area contributed by atoms with E-state index in [0.717, 1.165) is 12.1 Å². The first-order chi connectivity index (χ1) is 12.0. The Kier molecular flexibility index (Phi) is 4.69. The van der Waals surface area contributed by atoms with Gasteiger partial charge in [-0.15, -0.1) is 0 Å². The van der Waals surface area contributed by atoms with Crippen LogP contribution in [0.2, 0.25) is 0 Å². The van der Waals surface area contributed by atoms with Gasteiger partial charge in [0.2, 0.25) is 0 Å². The van der Waals surface area contributed by atoms with Crippen LogP contribution in [0.5, 0.6) is 0 Å². The molecule has 8 heteroatoms. The minimum absolute atomic E-state index is 0.0578. The fourth-order valence-corrected chi connectivity index (χ4v) is 2.17. The van der Waals surface area contributed by atoms with Gasteiger partial charge in [0.15, 0.2) is 23.8 Å². The van der Waals surface area contributed by atoms with Crippen molar-refractivity contribution in [2.45, 2.75) is 6.42 Å². The molecule has 0 fully saturated rings. The Morgan fingerprint density at radius 3 is 2.72 bits per heavy atom. The van der Waals surface area contributed by atoms with Gasteiger partial charge in [-0.05, 0) is 24.3 Å². The highest BCUT2D eigenvalue weighted by Crippen LogP contribution is 2.18. The summed E-state index contributed by atoms with van der Waals surface area (Å²) in [5.41, 5.74) is 1.01. The average molecular weight is 346 g/mol. The van der Waals surface area contributed by atoms with Crippen LogP contribution in [0.4, 0.5) is 14.5 Å². The van der Waals surface area contributed by atoms with E-state index >= 15 is 0 Å². The van der Waals surface area contributed by atoms with E-state index in [0.29, 0.717) is 16.7 Å². The van der Waals surface area contributed by atoms with Crippen molar-refractivity contribution in [1.82, 2.24) is 5.16 Å². The van der Waals surface area contributed by atoms with Crippen molar-refractivity contribution in [1.29, 1.82) is 0 Å². The first kappa shape index (κ1) is 16.6. The molecule has 3 rings (SSSR count). The summed E-state index contributed by atoms with van der Waals surface area (Å²) in [6.45, 7) is -0.562. The predicted molar refractivity (Wildman–Crippen MR) is 83.7 cm³/mol. The lowest BCUT2D eigenvalue weighted by Gasteiger charge is -2.06. The molecule has 0 spiro atoms. The molecular formula is C17H12F2N2O4. The quantitative estimate of drug-likeness (QED) is 0.719. The molecule has 0 aliphatic carbocycles. The number of aromatic nitrogens is 1. The molecule has 0 unspecified atom stereocenters. The SMILES string of the molecule is O=C(COC(=O)Cc1noc2ccccc12)Nc1ccc(F)c(F)c1. The van der Waals surface area contributed by atoms with Gasteiger partial charge in [0.1, 0.15) is 5.69 Å². The predicted octanol–water partition coefficient (Wildman–Crippen LogP) is 2.83. The molecule has 2 aromatic carbocycles. The minimum atomic E-state index is -1.09. The number of benzene rings is 2. The van der Waals surface area contributed by atoms with E-state index in [9.17, 15) is 18.4 Å². The number of amides is 1. The number of esters is 1. The lowest BCUT2D eigenvalue weighted by Crippen LogP contribution is -2.21. The average Bonchev–Trinajstić information content (AvgIpc) is 2.99. The van der Waals surface area contributed by atoms with Crippen LogP contribution in [-0.2, 0) is 20.7 Å². The zero-order valence-electron chi connectivity index (χ0n) is 12.8. The molecule has 1 heterocycles. The second-order valence-corrected chi connectivity index (χ2v) is 5.14. The first-order valence-corrected chi connectivity index (χ1v) is 7.27. The molecule has 0 aliphatic heterocycles. The van der Waals surface area contributed by atoms with Crippen LogP contribution in [0, 0.1) is 11.6 Å². The number of ether oxygens (including phenoxy) is 1. The molecular weight excluding hydrogens is 334 g/mol. The molecule has 25 heavy (non-hydrogen) atoms. The van der Waals surface area contributed by atoms with E-state index in [4.69, 9.17) is 9.26 Å². The fourth-order valence-electron chi connectivity index (χ4n) is 2.17. The largest absolute Gasteiger partial charge is 0.455 e. The van der Waals surface area contributed by atoms with Crippen molar-refractivity contribution in [3.05, 3.63) is 59.8 Å². The van der Waals surface area contributed by atoms with Crippen molar-refractivity contribution in [3.63, 3.8) is 0 Å². The number of carbonyl (C=O) groups excluding carboxylic acids is 2. The standard InChI is InChI=1S/C17H12F2N2O4/c18-12-6-5-10(7-13(12)19)20-16(22)9-24-17(23)8-14-11-3-1-2-4-15(11)25-21-14/h1-7H,8-9H2,(H,20,22).